The number of rotatable bonds is 1. The minimum atomic E-state index is -0.819. The quantitative estimate of drug-likeness (QED) is 0.419. The molecule has 0 saturated carbocycles. The zero-order valence-electron chi connectivity index (χ0n) is 7.18. The van der Waals surface area contributed by atoms with Gasteiger partial charge in [0.05, 0.1) is 17.7 Å². The summed E-state index contributed by atoms with van der Waals surface area (Å²) < 4.78 is 25.6. The Morgan fingerprint density at radius 3 is 2.71 bits per heavy atom. The molecule has 14 heavy (non-hydrogen) atoms. The van der Waals surface area contributed by atoms with Crippen molar-refractivity contribution in [2.45, 2.75) is 6.42 Å². The third kappa shape index (κ3) is 2.30. The van der Waals surface area contributed by atoms with E-state index in [-0.39, 0.29) is 17.7 Å². The summed E-state index contributed by atoms with van der Waals surface area (Å²) >= 11 is 0. The SMILES string of the molecule is Nc1cc(F)cc(F)c1C#CCC=O. The largest absolute Gasteiger partial charge is 0.398 e. The third-order valence-electron chi connectivity index (χ3n) is 1.48. The van der Waals surface area contributed by atoms with Gasteiger partial charge in [0, 0.05) is 6.07 Å². The van der Waals surface area contributed by atoms with Gasteiger partial charge in [0.1, 0.15) is 17.9 Å². The zero-order chi connectivity index (χ0) is 10.6. The second-order valence-electron chi connectivity index (χ2n) is 2.52. The Hall–Kier alpha value is -1.89. The predicted octanol–water partition coefficient (Wildman–Crippen LogP) is 1.49. The van der Waals surface area contributed by atoms with Gasteiger partial charge in [-0.25, -0.2) is 8.78 Å². The van der Waals surface area contributed by atoms with E-state index in [0.717, 1.165) is 6.07 Å². The number of hydrogen-bond donors (Lipinski definition) is 1. The molecule has 4 heteroatoms. The van der Waals surface area contributed by atoms with Crippen LogP contribution >= 0.6 is 0 Å². The second kappa shape index (κ2) is 4.38. The average molecular weight is 195 g/mol. The van der Waals surface area contributed by atoms with Crippen LogP contribution in [0, 0.1) is 23.5 Å². The molecule has 0 saturated heterocycles. The first-order valence-electron chi connectivity index (χ1n) is 3.82. The smallest absolute Gasteiger partial charge is 0.143 e. The van der Waals surface area contributed by atoms with Gasteiger partial charge in [0.25, 0.3) is 0 Å². The van der Waals surface area contributed by atoms with Gasteiger partial charge in [0.15, 0.2) is 0 Å². The summed E-state index contributed by atoms with van der Waals surface area (Å²) in [4.78, 5) is 9.93. The van der Waals surface area contributed by atoms with Crippen molar-refractivity contribution in [2.24, 2.45) is 0 Å². The van der Waals surface area contributed by atoms with Crippen LogP contribution in [-0.4, -0.2) is 6.29 Å². The van der Waals surface area contributed by atoms with Crippen molar-refractivity contribution in [1.82, 2.24) is 0 Å². The summed E-state index contributed by atoms with van der Waals surface area (Å²) in [5.41, 5.74) is 5.19. The summed E-state index contributed by atoms with van der Waals surface area (Å²) in [6.07, 6.45) is 0.584. The van der Waals surface area contributed by atoms with Crippen molar-refractivity contribution in [3.8, 4) is 11.8 Å². The van der Waals surface area contributed by atoms with Gasteiger partial charge in [-0.3, -0.25) is 0 Å². The van der Waals surface area contributed by atoms with E-state index in [1.807, 2.05) is 0 Å². The topological polar surface area (TPSA) is 43.1 Å². The molecule has 0 bridgehead atoms. The van der Waals surface area contributed by atoms with E-state index in [2.05, 4.69) is 11.8 Å². The van der Waals surface area contributed by atoms with Gasteiger partial charge < -0.3 is 10.5 Å². The van der Waals surface area contributed by atoms with Crippen LogP contribution < -0.4 is 5.73 Å². The van der Waals surface area contributed by atoms with Crippen LogP contribution in [-0.2, 0) is 4.79 Å². The van der Waals surface area contributed by atoms with Crippen molar-refractivity contribution >= 4 is 12.0 Å². The Morgan fingerprint density at radius 1 is 1.43 bits per heavy atom. The average Bonchev–Trinajstić information content (AvgIpc) is 2.09. The van der Waals surface area contributed by atoms with E-state index < -0.39 is 11.6 Å². The summed E-state index contributed by atoms with van der Waals surface area (Å²) in [5, 5.41) is 0. The lowest BCUT2D eigenvalue weighted by Gasteiger charge is -1.99. The van der Waals surface area contributed by atoms with Crippen LogP contribution in [0.3, 0.4) is 0 Å². The van der Waals surface area contributed by atoms with Crippen LogP contribution in [0.2, 0.25) is 0 Å². The van der Waals surface area contributed by atoms with E-state index in [4.69, 9.17) is 5.73 Å². The van der Waals surface area contributed by atoms with Crippen LogP contribution in [0.4, 0.5) is 14.5 Å². The maximum atomic E-state index is 13.0. The first-order chi connectivity index (χ1) is 6.65. The molecule has 72 valence electrons. The number of carbonyl (C=O) groups is 1. The van der Waals surface area contributed by atoms with Gasteiger partial charge in [0.2, 0.25) is 0 Å². The Labute approximate surface area is 79.7 Å². The highest BCUT2D eigenvalue weighted by Crippen LogP contribution is 2.16. The molecule has 0 aliphatic rings. The molecule has 1 aromatic carbocycles. The molecule has 2 nitrogen and oxygen atoms in total. The van der Waals surface area contributed by atoms with E-state index in [1.165, 1.54) is 0 Å². The molecule has 0 fully saturated rings. The minimum absolute atomic E-state index is 0.00371. The summed E-state index contributed by atoms with van der Waals surface area (Å²) in [7, 11) is 0. The second-order valence-corrected chi connectivity index (χ2v) is 2.52. The molecule has 0 spiro atoms. The van der Waals surface area contributed by atoms with Crippen molar-refractivity contribution in [1.29, 1.82) is 0 Å². The maximum Gasteiger partial charge on any atom is 0.143 e. The van der Waals surface area contributed by atoms with Crippen LogP contribution in [0.15, 0.2) is 12.1 Å². The molecule has 0 unspecified atom stereocenters. The van der Waals surface area contributed by atoms with Crippen LogP contribution in [0.25, 0.3) is 0 Å². The lowest BCUT2D eigenvalue weighted by Crippen LogP contribution is -1.95. The van der Waals surface area contributed by atoms with Gasteiger partial charge in [-0.15, -0.1) is 0 Å². The Bertz CT molecular complexity index is 395. The van der Waals surface area contributed by atoms with Crippen LogP contribution in [0.5, 0.6) is 0 Å². The molecule has 0 heterocycles. The lowest BCUT2D eigenvalue weighted by atomic mass is 10.1. The van der Waals surface area contributed by atoms with Crippen molar-refractivity contribution in [3.05, 3.63) is 29.3 Å². The number of hydrogen-bond acceptors (Lipinski definition) is 2. The zero-order valence-corrected chi connectivity index (χ0v) is 7.18. The van der Waals surface area contributed by atoms with E-state index >= 15 is 0 Å². The normalized spacial score (nSPS) is 9.00. The van der Waals surface area contributed by atoms with E-state index in [9.17, 15) is 13.6 Å². The van der Waals surface area contributed by atoms with Crippen molar-refractivity contribution < 1.29 is 13.6 Å². The van der Waals surface area contributed by atoms with E-state index in [1.54, 1.807) is 0 Å². The Morgan fingerprint density at radius 2 is 2.14 bits per heavy atom. The monoisotopic (exact) mass is 195 g/mol. The molecule has 1 rings (SSSR count). The van der Waals surface area contributed by atoms with Crippen molar-refractivity contribution in [3.63, 3.8) is 0 Å². The fraction of sp³-hybridized carbons (Fsp3) is 0.100. The first-order valence-corrected chi connectivity index (χ1v) is 3.82. The molecule has 0 radical (unpaired) electrons. The molecule has 0 amide bonds. The highest BCUT2D eigenvalue weighted by atomic mass is 19.1. The standard InChI is InChI=1S/C10H7F2NO/c11-7-5-9(12)8(10(13)6-7)3-1-2-4-14/h4-6H,2,13H2. The summed E-state index contributed by atoms with van der Waals surface area (Å²) in [6, 6.07) is 1.68. The number of benzene rings is 1. The molecule has 0 aromatic heterocycles. The number of nitrogen functional groups attached to an aromatic ring is 1. The van der Waals surface area contributed by atoms with Gasteiger partial charge in [-0.05, 0) is 6.07 Å². The van der Waals surface area contributed by atoms with Crippen molar-refractivity contribution in [2.75, 3.05) is 5.73 Å². The molecule has 0 atom stereocenters. The molecular weight excluding hydrogens is 188 g/mol. The van der Waals surface area contributed by atoms with Gasteiger partial charge >= 0.3 is 0 Å². The fourth-order valence-corrected chi connectivity index (χ4v) is 0.906. The number of anilines is 1. The highest BCUT2D eigenvalue weighted by molar-refractivity contribution is 5.59. The maximum absolute atomic E-state index is 13.0. The molecule has 1 aromatic rings. The minimum Gasteiger partial charge on any atom is -0.398 e. The Kier molecular flexibility index (Phi) is 3.19. The highest BCUT2D eigenvalue weighted by Gasteiger charge is 2.05. The molecule has 2 N–H and O–H groups in total. The first kappa shape index (κ1) is 10.2. The number of carbonyl (C=O) groups excluding carboxylic acids is 1. The van der Waals surface area contributed by atoms with Gasteiger partial charge in [-0.2, -0.15) is 0 Å². The number of aldehydes is 1. The third-order valence-corrected chi connectivity index (χ3v) is 1.48. The molecule has 0 aliphatic heterocycles. The lowest BCUT2D eigenvalue weighted by molar-refractivity contribution is -0.107. The Balaban J connectivity index is 3.10. The summed E-state index contributed by atoms with van der Waals surface area (Å²) in [5.74, 6) is 3.19. The van der Waals surface area contributed by atoms with Crippen LogP contribution in [0.1, 0.15) is 12.0 Å². The van der Waals surface area contributed by atoms with Gasteiger partial charge in [-0.1, -0.05) is 11.8 Å². The number of halogens is 2. The molecular formula is C10H7F2NO. The van der Waals surface area contributed by atoms with E-state index in [0.29, 0.717) is 12.4 Å². The summed E-state index contributed by atoms with van der Waals surface area (Å²) in [6.45, 7) is 0. The molecule has 0 aliphatic carbocycles. The fourth-order valence-electron chi connectivity index (χ4n) is 0.906. The number of nitrogens with two attached hydrogens (primary N) is 1. The predicted molar refractivity (Wildman–Crippen MR) is 48.3 cm³/mol.